The number of halogens is 3. The predicted molar refractivity (Wildman–Crippen MR) is 89.0 cm³/mol. The fourth-order valence-electron chi connectivity index (χ4n) is 2.96. The van der Waals surface area contributed by atoms with Gasteiger partial charge in [-0.3, -0.25) is 9.48 Å². The van der Waals surface area contributed by atoms with Crippen LogP contribution in [0.25, 0.3) is 5.65 Å². The van der Waals surface area contributed by atoms with Crippen molar-refractivity contribution in [2.45, 2.75) is 31.5 Å². The Balaban J connectivity index is 1.70. The molecule has 1 saturated carbocycles. The molecule has 7 nitrogen and oxygen atoms in total. The Kier molecular flexibility index (Phi) is 3.93. The lowest BCUT2D eigenvalue weighted by Crippen LogP contribution is -2.27. The highest BCUT2D eigenvalue weighted by Crippen LogP contribution is 2.41. The summed E-state index contributed by atoms with van der Waals surface area (Å²) in [7, 11) is 3.31. The number of fused-ring (bicyclic) bond motifs is 1. The quantitative estimate of drug-likeness (QED) is 0.700. The van der Waals surface area contributed by atoms with E-state index in [2.05, 4.69) is 15.2 Å². The van der Waals surface area contributed by atoms with Crippen molar-refractivity contribution in [3.05, 3.63) is 47.2 Å². The first-order valence-electron chi connectivity index (χ1n) is 8.44. The molecule has 0 N–H and O–H groups in total. The highest BCUT2D eigenvalue weighted by atomic mass is 19.4. The normalized spacial score (nSPS) is 14.7. The number of rotatable bonds is 4. The Labute approximate surface area is 152 Å². The van der Waals surface area contributed by atoms with Crippen LogP contribution in [0.2, 0.25) is 0 Å². The van der Waals surface area contributed by atoms with Crippen molar-refractivity contribution in [2.75, 3.05) is 7.05 Å². The molecular weight excluding hydrogens is 361 g/mol. The zero-order valence-corrected chi connectivity index (χ0v) is 14.7. The zero-order valence-electron chi connectivity index (χ0n) is 14.7. The van der Waals surface area contributed by atoms with Gasteiger partial charge in [0.05, 0.1) is 12.2 Å². The van der Waals surface area contributed by atoms with Gasteiger partial charge in [0.15, 0.2) is 11.3 Å². The highest BCUT2D eigenvalue weighted by molar-refractivity contribution is 5.93. The number of amides is 1. The summed E-state index contributed by atoms with van der Waals surface area (Å²) in [6.07, 6.45) is -1.32. The third-order valence-corrected chi connectivity index (χ3v) is 4.62. The van der Waals surface area contributed by atoms with Crippen LogP contribution in [0, 0.1) is 0 Å². The van der Waals surface area contributed by atoms with E-state index in [1.54, 1.807) is 31.0 Å². The molecule has 27 heavy (non-hydrogen) atoms. The number of alkyl halides is 3. The molecule has 0 atom stereocenters. The van der Waals surface area contributed by atoms with Gasteiger partial charge in [-0.1, -0.05) is 0 Å². The zero-order chi connectivity index (χ0) is 19.3. The minimum absolute atomic E-state index is 0.0315. The summed E-state index contributed by atoms with van der Waals surface area (Å²) in [6, 6.07) is 4.10. The first-order valence-corrected chi connectivity index (χ1v) is 8.44. The van der Waals surface area contributed by atoms with E-state index >= 15 is 0 Å². The fourth-order valence-corrected chi connectivity index (χ4v) is 2.96. The van der Waals surface area contributed by atoms with Crippen LogP contribution in [0.15, 0.2) is 24.4 Å². The van der Waals surface area contributed by atoms with Gasteiger partial charge in [-0.05, 0) is 25.0 Å². The molecule has 0 saturated heterocycles. The second-order valence-corrected chi connectivity index (χ2v) is 6.75. The van der Waals surface area contributed by atoms with Crippen LogP contribution in [0.3, 0.4) is 0 Å². The first kappa shape index (κ1) is 17.5. The molecule has 1 aliphatic carbocycles. The molecule has 0 spiro atoms. The molecule has 0 radical (unpaired) electrons. The van der Waals surface area contributed by atoms with Crippen LogP contribution in [-0.2, 0) is 19.8 Å². The molecule has 0 aromatic carbocycles. The van der Waals surface area contributed by atoms with E-state index in [-0.39, 0.29) is 23.8 Å². The summed E-state index contributed by atoms with van der Waals surface area (Å²) in [4.78, 5) is 18.3. The molecule has 1 amide bonds. The minimum atomic E-state index is -4.59. The second-order valence-electron chi connectivity index (χ2n) is 6.75. The maximum Gasteiger partial charge on any atom is 0.433 e. The number of carbonyl (C=O) groups excluding carboxylic acids is 1. The Hall–Kier alpha value is -2.91. The van der Waals surface area contributed by atoms with Gasteiger partial charge < -0.3 is 4.90 Å². The van der Waals surface area contributed by atoms with Gasteiger partial charge in [0.25, 0.3) is 5.91 Å². The van der Waals surface area contributed by atoms with Crippen LogP contribution in [0.4, 0.5) is 13.2 Å². The van der Waals surface area contributed by atoms with Crippen LogP contribution < -0.4 is 0 Å². The van der Waals surface area contributed by atoms with Crippen molar-refractivity contribution in [1.82, 2.24) is 29.3 Å². The summed E-state index contributed by atoms with van der Waals surface area (Å²) in [5.41, 5.74) is 0.231. The Morgan fingerprint density at radius 1 is 1.33 bits per heavy atom. The molecule has 0 aliphatic heterocycles. The van der Waals surface area contributed by atoms with E-state index in [4.69, 9.17) is 0 Å². The highest BCUT2D eigenvalue weighted by Gasteiger charge is 2.37. The average molecular weight is 378 g/mol. The van der Waals surface area contributed by atoms with Crippen molar-refractivity contribution >= 4 is 11.6 Å². The Morgan fingerprint density at radius 3 is 2.67 bits per heavy atom. The van der Waals surface area contributed by atoms with Crippen molar-refractivity contribution in [2.24, 2.45) is 7.05 Å². The van der Waals surface area contributed by atoms with Crippen LogP contribution in [0.5, 0.6) is 0 Å². The fraction of sp³-hybridized carbons (Fsp3) is 0.412. The predicted octanol–water partition coefficient (Wildman–Crippen LogP) is 2.63. The van der Waals surface area contributed by atoms with E-state index in [9.17, 15) is 18.0 Å². The smallest absolute Gasteiger partial charge is 0.334 e. The van der Waals surface area contributed by atoms with Crippen LogP contribution in [0.1, 0.15) is 46.3 Å². The number of aromatic nitrogens is 5. The van der Waals surface area contributed by atoms with E-state index in [0.29, 0.717) is 10.2 Å². The molecular formula is C17H17F3N6O. The molecule has 0 bridgehead atoms. The van der Waals surface area contributed by atoms with E-state index in [1.807, 2.05) is 0 Å². The van der Waals surface area contributed by atoms with Gasteiger partial charge in [0, 0.05) is 38.0 Å². The van der Waals surface area contributed by atoms with E-state index in [1.165, 1.54) is 11.0 Å². The summed E-state index contributed by atoms with van der Waals surface area (Å²) in [5, 5.41) is 7.92. The SMILES string of the molecule is CN(Cc1ccnn1C)C(=O)c1cc2nc(C3CC3)cc(C(F)(F)F)n2n1. The molecule has 142 valence electrons. The van der Waals surface area contributed by atoms with Gasteiger partial charge in [-0.2, -0.15) is 23.4 Å². The van der Waals surface area contributed by atoms with Gasteiger partial charge in [-0.15, -0.1) is 0 Å². The topological polar surface area (TPSA) is 68.3 Å². The molecule has 1 fully saturated rings. The van der Waals surface area contributed by atoms with Crippen LogP contribution >= 0.6 is 0 Å². The standard InChI is InChI=1S/C17H17F3N6O/c1-24(9-11-5-6-21-25(11)2)16(27)13-8-15-22-12(10-3-4-10)7-14(17(18,19)20)26(15)23-13/h5-8,10H,3-4,9H2,1-2H3. The summed E-state index contributed by atoms with van der Waals surface area (Å²) in [5.74, 6) is -0.430. The monoisotopic (exact) mass is 378 g/mol. The molecule has 3 aromatic rings. The second kappa shape index (κ2) is 6.07. The molecule has 1 aliphatic rings. The van der Waals surface area contributed by atoms with Gasteiger partial charge >= 0.3 is 6.18 Å². The molecule has 3 heterocycles. The Bertz CT molecular complexity index is 1020. The minimum Gasteiger partial charge on any atom is -0.334 e. The van der Waals surface area contributed by atoms with Crippen molar-refractivity contribution in [3.8, 4) is 0 Å². The number of hydrogen-bond donors (Lipinski definition) is 0. The number of hydrogen-bond acceptors (Lipinski definition) is 4. The molecule has 3 aromatic heterocycles. The number of aryl methyl sites for hydroxylation is 1. The van der Waals surface area contributed by atoms with Gasteiger partial charge in [0.1, 0.15) is 5.69 Å². The largest absolute Gasteiger partial charge is 0.433 e. The summed E-state index contributed by atoms with van der Waals surface area (Å²) >= 11 is 0. The summed E-state index contributed by atoms with van der Waals surface area (Å²) < 4.78 is 42.7. The van der Waals surface area contributed by atoms with Crippen molar-refractivity contribution in [1.29, 1.82) is 0 Å². The number of nitrogens with zero attached hydrogens (tertiary/aromatic N) is 6. The van der Waals surface area contributed by atoms with Gasteiger partial charge in [0.2, 0.25) is 0 Å². The van der Waals surface area contributed by atoms with E-state index < -0.39 is 17.8 Å². The lowest BCUT2D eigenvalue weighted by atomic mass is 10.2. The number of carbonyl (C=O) groups is 1. The van der Waals surface area contributed by atoms with Gasteiger partial charge in [-0.25, -0.2) is 9.50 Å². The van der Waals surface area contributed by atoms with Crippen molar-refractivity contribution < 1.29 is 18.0 Å². The third kappa shape index (κ3) is 3.26. The maximum atomic E-state index is 13.5. The lowest BCUT2D eigenvalue weighted by Gasteiger charge is -2.15. The average Bonchev–Trinajstić information content (AvgIpc) is 3.25. The van der Waals surface area contributed by atoms with Crippen molar-refractivity contribution in [3.63, 3.8) is 0 Å². The third-order valence-electron chi connectivity index (χ3n) is 4.62. The first-order chi connectivity index (χ1) is 12.7. The summed E-state index contributed by atoms with van der Waals surface area (Å²) in [6.45, 7) is 0.260. The van der Waals surface area contributed by atoms with E-state index in [0.717, 1.165) is 24.6 Å². The molecule has 0 unspecified atom stereocenters. The van der Waals surface area contributed by atoms with Crippen LogP contribution in [-0.4, -0.2) is 42.2 Å². The lowest BCUT2D eigenvalue weighted by molar-refractivity contribution is -0.142. The molecule has 4 rings (SSSR count). The Morgan fingerprint density at radius 2 is 2.07 bits per heavy atom. The maximum absolute atomic E-state index is 13.5. The molecule has 10 heteroatoms.